The number of nitrogens with zero attached hydrogens (tertiary/aromatic N) is 2. The summed E-state index contributed by atoms with van der Waals surface area (Å²) in [5.41, 5.74) is 8.24. The van der Waals surface area contributed by atoms with Gasteiger partial charge in [-0.05, 0) is 59.5 Å². The highest BCUT2D eigenvalue weighted by Crippen LogP contribution is 2.23. The molecule has 1 N–H and O–H groups in total. The normalized spacial score (nSPS) is 11.0. The van der Waals surface area contributed by atoms with Gasteiger partial charge < -0.3 is 9.88 Å². The molecule has 0 aliphatic rings. The third-order valence-electron chi connectivity index (χ3n) is 6.10. The van der Waals surface area contributed by atoms with Crippen molar-refractivity contribution in [1.82, 2.24) is 9.97 Å². The van der Waals surface area contributed by atoms with Crippen LogP contribution in [0, 0.1) is 0 Å². The van der Waals surface area contributed by atoms with E-state index in [1.54, 1.807) is 0 Å². The molecule has 0 spiro atoms. The smallest absolute Gasteiger partial charge is 0.167 e. The first-order valence-corrected chi connectivity index (χ1v) is 11.5. The van der Waals surface area contributed by atoms with Crippen LogP contribution in [-0.2, 0) is 12.8 Å². The number of hydrogen-bond donors (Lipinski definition) is 1. The Morgan fingerprint density at radius 3 is 2.18 bits per heavy atom. The number of hydrogen-bond acceptors (Lipinski definition) is 3. The van der Waals surface area contributed by atoms with E-state index < -0.39 is 0 Å². The van der Waals surface area contributed by atoms with Gasteiger partial charge >= 0.3 is 0 Å². The van der Waals surface area contributed by atoms with Gasteiger partial charge in [-0.2, -0.15) is 0 Å². The minimum atomic E-state index is 0.110. The summed E-state index contributed by atoms with van der Waals surface area (Å²) in [6.07, 6.45) is 1.27. The first kappa shape index (κ1) is 21.7. The summed E-state index contributed by atoms with van der Waals surface area (Å²) in [6, 6.07) is 32.7. The Morgan fingerprint density at radius 2 is 1.47 bits per heavy atom. The summed E-state index contributed by atoms with van der Waals surface area (Å²) >= 11 is 0. The van der Waals surface area contributed by atoms with E-state index in [1.807, 2.05) is 67.5 Å². The Morgan fingerprint density at radius 1 is 0.794 bits per heavy atom. The van der Waals surface area contributed by atoms with Crippen LogP contribution in [0.3, 0.4) is 0 Å². The van der Waals surface area contributed by atoms with E-state index >= 15 is 0 Å². The molecule has 0 aliphatic heterocycles. The predicted octanol–water partition coefficient (Wildman–Crippen LogP) is 6.31. The zero-order valence-electron chi connectivity index (χ0n) is 19.5. The quantitative estimate of drug-likeness (QED) is 0.299. The largest absolute Gasteiger partial charge is 0.378 e. The SMILES string of the molecule is CN(C)c1ccc(C(=O)Cc2ccc3nc(-c4ccc(Cc5ccccc5)cc4)[nH]c3c2)cc1. The predicted molar refractivity (Wildman–Crippen MR) is 140 cm³/mol. The first-order valence-electron chi connectivity index (χ1n) is 11.5. The summed E-state index contributed by atoms with van der Waals surface area (Å²) in [6.45, 7) is 0. The number of rotatable bonds is 7. The van der Waals surface area contributed by atoms with Crippen molar-refractivity contribution in [2.24, 2.45) is 0 Å². The molecular formula is C30H27N3O. The van der Waals surface area contributed by atoms with E-state index in [1.165, 1.54) is 11.1 Å². The molecule has 0 atom stereocenters. The lowest BCUT2D eigenvalue weighted by molar-refractivity contribution is 0.0993. The van der Waals surface area contributed by atoms with E-state index in [0.29, 0.717) is 6.42 Å². The number of carbonyl (C=O) groups is 1. The number of nitrogens with one attached hydrogen (secondary N) is 1. The van der Waals surface area contributed by atoms with Crippen molar-refractivity contribution in [2.45, 2.75) is 12.8 Å². The fourth-order valence-electron chi connectivity index (χ4n) is 4.15. The van der Waals surface area contributed by atoms with E-state index in [0.717, 1.165) is 45.7 Å². The molecule has 0 saturated heterocycles. The van der Waals surface area contributed by atoms with Gasteiger partial charge in [0.15, 0.2) is 5.78 Å². The molecule has 4 nitrogen and oxygen atoms in total. The van der Waals surface area contributed by atoms with Crippen LogP contribution in [0.4, 0.5) is 5.69 Å². The summed E-state index contributed by atoms with van der Waals surface area (Å²) < 4.78 is 0. The Hall–Kier alpha value is -4.18. The maximum Gasteiger partial charge on any atom is 0.167 e. The number of imidazole rings is 1. The average Bonchev–Trinajstić information content (AvgIpc) is 3.28. The lowest BCUT2D eigenvalue weighted by Crippen LogP contribution is -2.09. The second-order valence-electron chi connectivity index (χ2n) is 8.84. The Bertz CT molecular complexity index is 1420. The fraction of sp³-hybridized carbons (Fsp3) is 0.133. The molecular weight excluding hydrogens is 418 g/mol. The number of carbonyl (C=O) groups excluding carboxylic acids is 1. The summed E-state index contributed by atoms with van der Waals surface area (Å²) in [4.78, 5) is 23.0. The van der Waals surface area contributed by atoms with Crippen LogP contribution in [0.2, 0.25) is 0 Å². The third-order valence-corrected chi connectivity index (χ3v) is 6.10. The lowest BCUT2D eigenvalue weighted by Gasteiger charge is -2.12. The van der Waals surface area contributed by atoms with Gasteiger partial charge in [0.1, 0.15) is 5.82 Å². The van der Waals surface area contributed by atoms with Gasteiger partial charge in [-0.25, -0.2) is 4.98 Å². The number of ketones is 1. The maximum atomic E-state index is 12.8. The van der Waals surface area contributed by atoms with Crippen molar-refractivity contribution < 1.29 is 4.79 Å². The van der Waals surface area contributed by atoms with E-state index in [9.17, 15) is 4.79 Å². The van der Waals surface area contributed by atoms with Crippen molar-refractivity contribution in [3.8, 4) is 11.4 Å². The molecule has 0 radical (unpaired) electrons. The number of Topliss-reactive ketones (excluding diaryl/α,β-unsaturated/α-hetero) is 1. The van der Waals surface area contributed by atoms with Crippen molar-refractivity contribution in [1.29, 1.82) is 0 Å². The van der Waals surface area contributed by atoms with Crippen LogP contribution in [-0.4, -0.2) is 29.8 Å². The van der Waals surface area contributed by atoms with Gasteiger partial charge in [-0.15, -0.1) is 0 Å². The van der Waals surface area contributed by atoms with Crippen molar-refractivity contribution in [3.63, 3.8) is 0 Å². The number of anilines is 1. The molecule has 0 fully saturated rings. The second-order valence-corrected chi connectivity index (χ2v) is 8.84. The number of aromatic nitrogens is 2. The van der Waals surface area contributed by atoms with Gasteiger partial charge in [0, 0.05) is 37.3 Å². The maximum absolute atomic E-state index is 12.8. The molecule has 0 bridgehead atoms. The standard InChI is InChI=1S/C30H27N3O/c1-33(2)26-15-13-24(14-16-26)29(34)20-23-10-17-27-28(19-23)32-30(31-27)25-11-8-22(9-12-25)18-21-6-4-3-5-7-21/h3-17,19H,18,20H2,1-2H3,(H,31,32). The summed E-state index contributed by atoms with van der Waals surface area (Å²) in [5, 5.41) is 0. The monoisotopic (exact) mass is 445 g/mol. The third kappa shape index (κ3) is 4.76. The summed E-state index contributed by atoms with van der Waals surface area (Å²) in [5.74, 6) is 0.947. The molecule has 5 aromatic rings. The Labute approximate surface area is 199 Å². The van der Waals surface area contributed by atoms with Crippen molar-refractivity contribution >= 4 is 22.5 Å². The molecule has 168 valence electrons. The van der Waals surface area contributed by atoms with Gasteiger partial charge in [0.05, 0.1) is 11.0 Å². The highest BCUT2D eigenvalue weighted by atomic mass is 16.1. The van der Waals surface area contributed by atoms with Crippen molar-refractivity contribution in [3.05, 3.63) is 119 Å². The highest BCUT2D eigenvalue weighted by molar-refractivity contribution is 5.98. The number of H-pyrrole nitrogens is 1. The van der Waals surface area contributed by atoms with Crippen LogP contribution in [0.25, 0.3) is 22.4 Å². The van der Waals surface area contributed by atoms with Crippen LogP contribution in [0.5, 0.6) is 0 Å². The van der Waals surface area contributed by atoms with E-state index in [4.69, 9.17) is 4.98 Å². The molecule has 0 saturated carbocycles. The zero-order valence-corrected chi connectivity index (χ0v) is 19.5. The van der Waals surface area contributed by atoms with Gasteiger partial charge in [-0.3, -0.25) is 4.79 Å². The van der Waals surface area contributed by atoms with Gasteiger partial charge in [0.2, 0.25) is 0 Å². The minimum absolute atomic E-state index is 0.110. The van der Waals surface area contributed by atoms with Crippen LogP contribution >= 0.6 is 0 Å². The van der Waals surface area contributed by atoms with Crippen LogP contribution in [0.15, 0.2) is 97.1 Å². The topological polar surface area (TPSA) is 49.0 Å². The highest BCUT2D eigenvalue weighted by Gasteiger charge is 2.11. The molecule has 0 aliphatic carbocycles. The fourth-order valence-corrected chi connectivity index (χ4v) is 4.15. The number of fused-ring (bicyclic) bond motifs is 1. The first-order chi connectivity index (χ1) is 16.5. The molecule has 4 aromatic carbocycles. The zero-order chi connectivity index (χ0) is 23.5. The van der Waals surface area contributed by atoms with Crippen LogP contribution < -0.4 is 4.90 Å². The Balaban J connectivity index is 1.31. The minimum Gasteiger partial charge on any atom is -0.378 e. The molecule has 0 amide bonds. The molecule has 1 heterocycles. The average molecular weight is 446 g/mol. The number of benzene rings is 4. The Kier molecular flexibility index (Phi) is 5.96. The molecule has 34 heavy (non-hydrogen) atoms. The molecule has 4 heteroatoms. The number of aromatic amines is 1. The van der Waals surface area contributed by atoms with E-state index in [2.05, 4.69) is 53.5 Å². The molecule has 5 rings (SSSR count). The van der Waals surface area contributed by atoms with Gasteiger partial charge in [0.25, 0.3) is 0 Å². The lowest BCUT2D eigenvalue weighted by atomic mass is 10.0. The summed E-state index contributed by atoms with van der Waals surface area (Å²) in [7, 11) is 3.98. The second kappa shape index (κ2) is 9.36. The van der Waals surface area contributed by atoms with E-state index in [-0.39, 0.29) is 5.78 Å². The van der Waals surface area contributed by atoms with Crippen LogP contribution in [0.1, 0.15) is 27.0 Å². The van der Waals surface area contributed by atoms with Gasteiger partial charge in [-0.1, -0.05) is 60.7 Å². The molecule has 1 aromatic heterocycles. The van der Waals surface area contributed by atoms with Crippen molar-refractivity contribution in [2.75, 3.05) is 19.0 Å². The molecule has 0 unspecified atom stereocenters.